The summed E-state index contributed by atoms with van der Waals surface area (Å²) in [6, 6.07) is -11.4. The van der Waals surface area contributed by atoms with Crippen LogP contribution in [0.1, 0.15) is 75.0 Å². The molecule has 0 bridgehead atoms. The quantitative estimate of drug-likeness (QED) is 0.221. The van der Waals surface area contributed by atoms with Crippen molar-refractivity contribution in [2.24, 2.45) is 0 Å². The second kappa shape index (κ2) is 10.5. The van der Waals surface area contributed by atoms with Crippen molar-refractivity contribution in [3.8, 4) is 0 Å². The van der Waals surface area contributed by atoms with Crippen LogP contribution in [0.25, 0.3) is 11.2 Å². The van der Waals surface area contributed by atoms with Crippen LogP contribution in [0.2, 0.25) is 0 Å². The van der Waals surface area contributed by atoms with Crippen LogP contribution in [-0.2, 0) is 4.74 Å². The molecule has 5 rings (SSSR count). The number of hydrogen-bond acceptors (Lipinski definition) is 10. The van der Waals surface area contributed by atoms with Gasteiger partial charge >= 0.3 is 0 Å². The van der Waals surface area contributed by atoms with E-state index in [2.05, 4.69) is 30.3 Å². The largest absolute Gasteiger partial charge is 0.394 e. The zero-order chi connectivity index (χ0) is 45.9. The van der Waals surface area contributed by atoms with E-state index >= 15 is 0 Å². The lowest BCUT2D eigenvalue weighted by Gasteiger charge is -2.17. The van der Waals surface area contributed by atoms with Crippen LogP contribution in [0.3, 0.4) is 0 Å². The molecule has 194 valence electrons. The second-order valence-electron chi connectivity index (χ2n) is 6.71. The van der Waals surface area contributed by atoms with E-state index in [4.69, 9.17) is 31.5 Å². The number of halogens is 2. The summed E-state index contributed by atoms with van der Waals surface area (Å²) in [6.45, 7) is -12.2. The van der Waals surface area contributed by atoms with Crippen LogP contribution >= 0.6 is 11.8 Å². The molecule has 0 saturated heterocycles. The average molecular weight is 546 g/mol. The molecule has 36 heavy (non-hydrogen) atoms. The molecule has 0 spiro atoms. The van der Waals surface area contributed by atoms with Gasteiger partial charge in [-0.3, -0.25) is 0 Å². The van der Waals surface area contributed by atoms with Gasteiger partial charge in [-0.25, -0.2) is 23.4 Å². The molecule has 2 aromatic heterocycles. The van der Waals surface area contributed by atoms with Crippen LogP contribution in [0.15, 0.2) is 23.3 Å². The molecule has 0 radical (unpaired) electrons. The summed E-state index contributed by atoms with van der Waals surface area (Å²) >= 11 is -0.469. The Morgan fingerprint density at radius 3 is 3.00 bits per heavy atom. The van der Waals surface area contributed by atoms with Gasteiger partial charge in [-0.2, -0.15) is 0 Å². The number of rotatable bonds is 10. The van der Waals surface area contributed by atoms with Crippen molar-refractivity contribution in [3.63, 3.8) is 0 Å². The molecule has 10 nitrogen and oxygen atoms in total. The molecule has 4 N–H and O–H groups in total. The number of anilines is 1. The van der Waals surface area contributed by atoms with E-state index in [0.717, 1.165) is 0 Å². The van der Waals surface area contributed by atoms with E-state index in [9.17, 15) is 24.1 Å². The number of aromatic nitrogens is 5. The topological polar surface area (TPSA) is 138 Å². The van der Waals surface area contributed by atoms with Crippen LogP contribution in [0, 0.1) is 11.6 Å². The number of fused-ring (bicyclic) bond motifs is 1. The lowest BCUT2D eigenvalue weighted by atomic mass is 10.1. The Morgan fingerprint density at radius 2 is 2.19 bits per heavy atom. The predicted molar refractivity (Wildman–Crippen MR) is 128 cm³/mol. The summed E-state index contributed by atoms with van der Waals surface area (Å²) in [5.41, 5.74) is -6.96. The molecule has 0 aliphatic heterocycles. The van der Waals surface area contributed by atoms with Crippen molar-refractivity contribution < 1.29 is 60.4 Å². The molecule has 6 atom stereocenters. The number of ether oxygens (including phenoxy) is 1. The number of hydrogen-bond donors (Lipinski definition) is 4. The van der Waals surface area contributed by atoms with Gasteiger partial charge in [0.1, 0.15) is 12.2 Å². The first-order chi connectivity index (χ1) is 26.0. The summed E-state index contributed by atoms with van der Waals surface area (Å²) in [5, 5.41) is 39.9. The highest BCUT2D eigenvalue weighted by molar-refractivity contribution is 7.99. The molecule has 1 aromatic carbocycles. The van der Waals surface area contributed by atoms with E-state index in [0.29, 0.717) is 0 Å². The van der Waals surface area contributed by atoms with E-state index in [1.165, 1.54) is 0 Å². The third kappa shape index (κ3) is 4.90. The molecule has 2 aliphatic carbocycles. The minimum absolute atomic E-state index is 0.302. The first kappa shape index (κ1) is 9.70. The third-order valence-electron chi connectivity index (χ3n) is 4.57. The van der Waals surface area contributed by atoms with Gasteiger partial charge in [0.25, 0.3) is 0 Å². The lowest BCUT2D eigenvalue weighted by molar-refractivity contribution is -0.0629. The van der Waals surface area contributed by atoms with E-state index < -0.39 is 150 Å². The van der Waals surface area contributed by atoms with Gasteiger partial charge < -0.3 is 25.4 Å². The van der Waals surface area contributed by atoms with Crippen LogP contribution in [0.4, 0.5) is 14.6 Å². The zero-order valence-electron chi connectivity index (χ0n) is 40.2. The maximum Gasteiger partial charge on any atom is 0.191 e. The van der Waals surface area contributed by atoms with E-state index in [-0.39, 0.29) is 4.68 Å². The first-order valence-corrected chi connectivity index (χ1v) is 10.3. The minimum atomic E-state index is -4.60. The Hall–Kier alpha value is -2.45. The smallest absolute Gasteiger partial charge is 0.191 e. The second-order valence-corrected chi connectivity index (χ2v) is 7.48. The first-order valence-electron chi connectivity index (χ1n) is 20.9. The molecule has 2 saturated carbocycles. The van der Waals surface area contributed by atoms with Crippen LogP contribution in [-0.4, -0.2) is 83.4 Å². The van der Waals surface area contributed by atoms with Crippen LogP contribution < -0.4 is 5.32 Å². The molecule has 2 aliphatic rings. The highest BCUT2D eigenvalue weighted by atomic mass is 32.2. The van der Waals surface area contributed by atoms with Gasteiger partial charge in [0.15, 0.2) is 33.8 Å². The van der Waals surface area contributed by atoms with Crippen LogP contribution in [0.5, 0.6) is 0 Å². The molecule has 2 heterocycles. The van der Waals surface area contributed by atoms with Crippen molar-refractivity contribution in [1.29, 1.82) is 0 Å². The standard InChI is InChI=1S/C23H28F2N6O4S/c1-2-7-36-23-27-21(26-15-9-12(15)11-3-4-13(24)14(25)8-11)18-22(28-23)31(30-29-18)16-10-17(35-6-5-32)20(34)19(16)33/h3-4,8,12,15-17,19-20,32-34H,2,5-7,9-10H2,1H3,(H,26,27,28)/t12?,15-,16+,17-,19-,20+/m0/s1/i1D3,2D2,3D,4D,5D2,6D2,7D2,8D,9D2,10D2,15D,16D,17D,19D,20D. The highest BCUT2D eigenvalue weighted by Gasteiger charge is 2.45. The van der Waals surface area contributed by atoms with Crippen molar-refractivity contribution in [2.45, 2.75) is 67.3 Å². The Kier molecular flexibility index (Phi) is 2.83. The number of benzene rings is 1. The fraction of sp³-hybridized carbons (Fsp3) is 0.565. The number of aliphatic hydroxyl groups is 3. The molecular formula is C23H28F2N6O4S. The molecule has 1 unspecified atom stereocenters. The van der Waals surface area contributed by atoms with E-state index in [1.54, 1.807) is 0 Å². The Bertz CT molecular complexity index is 2210. The number of nitrogens with one attached hydrogen (secondary N) is 1. The minimum Gasteiger partial charge on any atom is -0.394 e. The van der Waals surface area contributed by atoms with E-state index in [1.807, 2.05) is 0 Å². The summed E-state index contributed by atoms with van der Waals surface area (Å²) in [4.78, 5) is 7.57. The summed E-state index contributed by atoms with van der Waals surface area (Å²) in [7, 11) is 0. The maximum absolute atomic E-state index is 14.6. The number of thioether (sulfide) groups is 1. The third-order valence-corrected chi connectivity index (χ3v) is 5.14. The average Bonchev–Trinajstić information content (AvgIpc) is 3.30. The summed E-state index contributed by atoms with van der Waals surface area (Å²) < 4.78 is 219. The fourth-order valence-electron chi connectivity index (χ4n) is 2.99. The molecule has 2 fully saturated rings. The van der Waals surface area contributed by atoms with Crippen molar-refractivity contribution in [1.82, 2.24) is 25.0 Å². The lowest BCUT2D eigenvalue weighted by Crippen LogP contribution is -2.33. The van der Waals surface area contributed by atoms with Gasteiger partial charge in [-0.1, -0.05) is 29.9 Å². The number of nitrogens with zero attached hydrogens (tertiary/aromatic N) is 5. The molecule has 3 aromatic rings. The van der Waals surface area contributed by atoms with Crippen molar-refractivity contribution >= 4 is 28.7 Å². The molecular weight excluding hydrogens is 494 g/mol. The Balaban J connectivity index is 1.80. The zero-order valence-corrected chi connectivity index (χ0v) is 18.0. The normalized spacial score (nSPS) is 51.9. The van der Waals surface area contributed by atoms with Crippen molar-refractivity contribution in [3.05, 3.63) is 35.3 Å². The fourth-order valence-corrected chi connectivity index (χ4v) is 3.40. The molecule has 0 amide bonds. The van der Waals surface area contributed by atoms with Crippen molar-refractivity contribution in [2.75, 3.05) is 24.1 Å². The van der Waals surface area contributed by atoms with Gasteiger partial charge in [0.05, 0.1) is 41.7 Å². The van der Waals surface area contributed by atoms with Gasteiger partial charge in [-0.05, 0) is 30.4 Å². The van der Waals surface area contributed by atoms with Gasteiger partial charge in [0, 0.05) is 39.1 Å². The van der Waals surface area contributed by atoms with Gasteiger partial charge in [0.2, 0.25) is 0 Å². The predicted octanol–water partition coefficient (Wildman–Crippen LogP) is 2.01. The molecule has 13 heteroatoms. The Morgan fingerprint density at radius 1 is 1.33 bits per heavy atom. The van der Waals surface area contributed by atoms with Gasteiger partial charge in [-0.15, -0.1) is 5.10 Å². The monoisotopic (exact) mass is 545 g/mol. The maximum atomic E-state index is 14.6. The Labute approximate surface area is 242 Å². The summed E-state index contributed by atoms with van der Waals surface area (Å²) in [5.74, 6) is -7.20. The SMILES string of the molecule is [2H]c1c([2H])c(C2C([2H])([2H])[C@]2([2H])Nc2nc(SC([2H])([2H])C([2H])([2H])C([2H])([2H])[2H])nc3c2nnn3[C@]2([2H])C([2H])([2H])[C@]([2H])(OC([2H])([2H])C([2H])([2H])O)[C@@]([2H])(O)[C@@]2([2H])O)c([2H])c(F)c1F. The summed E-state index contributed by atoms with van der Waals surface area (Å²) in [6.07, 6.45) is -25.0. The highest BCUT2D eigenvalue weighted by Crippen LogP contribution is 2.44.